The van der Waals surface area contributed by atoms with Crippen molar-refractivity contribution in [1.82, 2.24) is 9.80 Å². The van der Waals surface area contributed by atoms with E-state index in [0.717, 1.165) is 12.1 Å². The van der Waals surface area contributed by atoms with Gasteiger partial charge < -0.3 is 14.7 Å². The molecule has 1 aromatic carbocycles. The maximum atomic E-state index is 13.4. The minimum absolute atomic E-state index is 0.103. The highest BCUT2D eigenvalue weighted by Crippen LogP contribution is 2.35. The van der Waals surface area contributed by atoms with E-state index in [0.29, 0.717) is 38.0 Å². The van der Waals surface area contributed by atoms with Crippen molar-refractivity contribution >= 4 is 18.0 Å². The maximum Gasteiger partial charge on any atom is 0.410 e. The van der Waals surface area contributed by atoms with Gasteiger partial charge in [0, 0.05) is 32.5 Å². The van der Waals surface area contributed by atoms with Gasteiger partial charge in [0.1, 0.15) is 5.60 Å². The van der Waals surface area contributed by atoms with Crippen LogP contribution in [0.3, 0.4) is 0 Å². The number of halogens is 2. The number of nitrogens with zero attached hydrogens (tertiary/aromatic N) is 2. The molecule has 2 heterocycles. The molecule has 0 saturated carbocycles. The molecule has 0 radical (unpaired) electrons. The first-order valence-electron chi connectivity index (χ1n) is 9.44. The molecule has 9 heteroatoms. The third-order valence-corrected chi connectivity index (χ3v) is 5.53. The molecule has 1 N–H and O–H groups in total. The van der Waals surface area contributed by atoms with E-state index in [1.54, 1.807) is 18.7 Å². The van der Waals surface area contributed by atoms with Gasteiger partial charge in [-0.15, -0.1) is 0 Å². The van der Waals surface area contributed by atoms with Crippen LogP contribution in [0.2, 0.25) is 0 Å². The SMILES string of the molecule is CC(C)(CC(=O)O)C(=O)N1CCC2(CC1)CN(Cc1ccc(F)c(F)c1)C(=O)O2. The normalized spacial score (nSPS) is 18.8. The summed E-state index contributed by atoms with van der Waals surface area (Å²) in [6.07, 6.45) is 0.0783. The van der Waals surface area contributed by atoms with Crippen LogP contribution in [-0.4, -0.2) is 58.1 Å². The molecule has 2 fully saturated rings. The van der Waals surface area contributed by atoms with Crippen LogP contribution >= 0.6 is 0 Å². The molecule has 3 rings (SSSR count). The van der Waals surface area contributed by atoms with Crippen LogP contribution in [0, 0.1) is 17.0 Å². The third-order valence-electron chi connectivity index (χ3n) is 5.53. The van der Waals surface area contributed by atoms with Crippen molar-refractivity contribution in [1.29, 1.82) is 0 Å². The number of carbonyl (C=O) groups excluding carboxylic acids is 2. The van der Waals surface area contributed by atoms with Crippen molar-refractivity contribution in [3.05, 3.63) is 35.4 Å². The van der Waals surface area contributed by atoms with E-state index in [-0.39, 0.29) is 18.9 Å². The Hall–Kier alpha value is -2.71. The third kappa shape index (κ3) is 4.49. The topological polar surface area (TPSA) is 87.2 Å². The monoisotopic (exact) mass is 410 g/mol. The lowest BCUT2D eigenvalue weighted by atomic mass is 9.85. The standard InChI is InChI=1S/C20H24F2N2O5/c1-19(2,10-16(25)26)17(27)23-7-5-20(6-8-23)12-24(18(28)29-20)11-13-3-4-14(21)15(22)9-13/h3-4,9H,5-8,10-12H2,1-2H3,(H,25,26). The van der Waals surface area contributed by atoms with E-state index in [1.807, 2.05) is 0 Å². The smallest absolute Gasteiger partial charge is 0.410 e. The number of carboxylic acids is 1. The van der Waals surface area contributed by atoms with Crippen molar-refractivity contribution < 1.29 is 33.0 Å². The molecule has 1 aromatic rings. The molecule has 2 aliphatic heterocycles. The van der Waals surface area contributed by atoms with Gasteiger partial charge in [-0.3, -0.25) is 14.5 Å². The second-order valence-corrected chi connectivity index (χ2v) is 8.40. The van der Waals surface area contributed by atoms with Gasteiger partial charge in [0.05, 0.1) is 18.4 Å². The average Bonchev–Trinajstić information content (AvgIpc) is 2.92. The van der Waals surface area contributed by atoms with E-state index < -0.39 is 34.7 Å². The van der Waals surface area contributed by atoms with Crippen LogP contribution in [0.1, 0.15) is 38.7 Å². The van der Waals surface area contributed by atoms with Crippen molar-refractivity contribution in [2.45, 2.75) is 45.3 Å². The number of carbonyl (C=O) groups is 3. The van der Waals surface area contributed by atoms with Crippen LogP contribution in [-0.2, 0) is 20.9 Å². The molecule has 29 heavy (non-hydrogen) atoms. The summed E-state index contributed by atoms with van der Waals surface area (Å²) in [4.78, 5) is 39.0. The van der Waals surface area contributed by atoms with E-state index >= 15 is 0 Å². The Morgan fingerprint density at radius 2 is 1.86 bits per heavy atom. The van der Waals surface area contributed by atoms with E-state index in [2.05, 4.69) is 0 Å². The number of ether oxygens (including phenoxy) is 1. The first-order chi connectivity index (χ1) is 13.5. The molecule has 2 aliphatic rings. The van der Waals surface area contributed by atoms with Gasteiger partial charge in [-0.1, -0.05) is 19.9 Å². The van der Waals surface area contributed by atoms with Gasteiger partial charge in [0.25, 0.3) is 0 Å². The average molecular weight is 410 g/mol. The molecule has 0 aliphatic carbocycles. The molecule has 0 atom stereocenters. The van der Waals surface area contributed by atoms with E-state index in [4.69, 9.17) is 9.84 Å². The fourth-order valence-corrected chi connectivity index (χ4v) is 3.93. The van der Waals surface area contributed by atoms with Crippen molar-refractivity contribution in [2.24, 2.45) is 5.41 Å². The zero-order valence-electron chi connectivity index (χ0n) is 16.4. The first-order valence-corrected chi connectivity index (χ1v) is 9.44. The predicted octanol–water partition coefficient (Wildman–Crippen LogP) is 2.78. The second kappa shape index (κ2) is 7.61. The number of piperidine rings is 1. The fraction of sp³-hybridized carbons (Fsp3) is 0.550. The van der Waals surface area contributed by atoms with Gasteiger partial charge >= 0.3 is 12.1 Å². The number of rotatable bonds is 5. The van der Waals surface area contributed by atoms with E-state index in [9.17, 15) is 23.2 Å². The molecule has 0 bridgehead atoms. The number of aliphatic carboxylic acids is 1. The lowest BCUT2D eigenvalue weighted by molar-refractivity contribution is -0.151. The summed E-state index contributed by atoms with van der Waals surface area (Å²) in [5.74, 6) is -3.19. The summed E-state index contributed by atoms with van der Waals surface area (Å²) in [6.45, 7) is 4.32. The largest absolute Gasteiger partial charge is 0.481 e. The fourth-order valence-electron chi connectivity index (χ4n) is 3.93. The molecule has 0 aromatic heterocycles. The maximum absolute atomic E-state index is 13.4. The van der Waals surface area contributed by atoms with Crippen LogP contribution in [0.5, 0.6) is 0 Å². The number of likely N-dealkylation sites (tertiary alicyclic amines) is 1. The van der Waals surface area contributed by atoms with Crippen LogP contribution < -0.4 is 0 Å². The zero-order valence-corrected chi connectivity index (χ0v) is 16.4. The molecule has 7 nitrogen and oxygen atoms in total. The molecule has 158 valence electrons. The minimum Gasteiger partial charge on any atom is -0.481 e. The molecule has 2 amide bonds. The van der Waals surface area contributed by atoms with Crippen molar-refractivity contribution in [3.8, 4) is 0 Å². The zero-order chi connectivity index (χ0) is 21.4. The summed E-state index contributed by atoms with van der Waals surface area (Å²) >= 11 is 0. The number of hydrogen-bond donors (Lipinski definition) is 1. The molecular formula is C20H24F2N2O5. The Labute approximate surface area is 167 Å². The van der Waals surface area contributed by atoms with Crippen molar-refractivity contribution in [3.63, 3.8) is 0 Å². The quantitative estimate of drug-likeness (QED) is 0.807. The number of hydrogen-bond acceptors (Lipinski definition) is 4. The summed E-state index contributed by atoms with van der Waals surface area (Å²) in [5, 5.41) is 9.00. The molecule has 0 unspecified atom stereocenters. The van der Waals surface area contributed by atoms with Crippen LogP contribution in [0.15, 0.2) is 18.2 Å². The van der Waals surface area contributed by atoms with Crippen molar-refractivity contribution in [2.75, 3.05) is 19.6 Å². The summed E-state index contributed by atoms with van der Waals surface area (Å²) in [6, 6.07) is 3.49. The lowest BCUT2D eigenvalue weighted by Gasteiger charge is -2.40. The van der Waals surface area contributed by atoms with Gasteiger partial charge in [-0.05, 0) is 17.7 Å². The number of carboxylic acid groups (broad SMARTS) is 1. The Kier molecular flexibility index (Phi) is 5.51. The Morgan fingerprint density at radius 1 is 1.21 bits per heavy atom. The molecule has 1 spiro atoms. The highest BCUT2D eigenvalue weighted by atomic mass is 19.2. The van der Waals surface area contributed by atoms with Gasteiger partial charge in [-0.25, -0.2) is 13.6 Å². The van der Waals surface area contributed by atoms with Gasteiger partial charge in [-0.2, -0.15) is 0 Å². The molecular weight excluding hydrogens is 386 g/mol. The Morgan fingerprint density at radius 3 is 2.45 bits per heavy atom. The van der Waals surface area contributed by atoms with E-state index in [1.165, 1.54) is 11.0 Å². The number of amides is 2. The molecule has 2 saturated heterocycles. The van der Waals surface area contributed by atoms with Crippen LogP contribution in [0.25, 0.3) is 0 Å². The first kappa shape index (κ1) is 21.0. The lowest BCUT2D eigenvalue weighted by Crippen LogP contribution is -2.52. The van der Waals surface area contributed by atoms with Gasteiger partial charge in [0.2, 0.25) is 5.91 Å². The predicted molar refractivity (Wildman–Crippen MR) is 97.8 cm³/mol. The minimum atomic E-state index is -1.03. The summed E-state index contributed by atoms with van der Waals surface area (Å²) in [5.41, 5.74) is -1.29. The second-order valence-electron chi connectivity index (χ2n) is 8.40. The summed E-state index contributed by atoms with van der Waals surface area (Å²) in [7, 11) is 0. The van der Waals surface area contributed by atoms with Gasteiger partial charge in [0.15, 0.2) is 11.6 Å². The van der Waals surface area contributed by atoms with Crippen LogP contribution in [0.4, 0.5) is 13.6 Å². The Balaban J connectivity index is 1.61. The summed E-state index contributed by atoms with van der Waals surface area (Å²) < 4.78 is 32.1. The highest BCUT2D eigenvalue weighted by molar-refractivity contribution is 5.86. The highest BCUT2D eigenvalue weighted by Gasteiger charge is 2.48. The number of benzene rings is 1. The Bertz CT molecular complexity index is 834.